The molecule has 1 aromatic heterocycles. The van der Waals surface area contributed by atoms with Gasteiger partial charge in [-0.15, -0.1) is 0 Å². The van der Waals surface area contributed by atoms with E-state index in [0.29, 0.717) is 0 Å². The largest absolute Gasteiger partial charge is 0.406 e. The molecule has 0 fully saturated rings. The highest BCUT2D eigenvalue weighted by atomic mass is 19.4. The second-order valence-corrected chi connectivity index (χ2v) is 3.69. The van der Waals surface area contributed by atoms with Gasteiger partial charge in [0, 0.05) is 12.2 Å². The first-order valence-corrected chi connectivity index (χ1v) is 4.90. The Labute approximate surface area is 96.7 Å². The number of nitrogens with zero attached hydrogens (tertiary/aromatic N) is 4. The minimum Gasteiger partial charge on any atom is -0.329 e. The molecule has 0 unspecified atom stereocenters. The molecule has 0 aliphatic heterocycles. The van der Waals surface area contributed by atoms with E-state index in [1.165, 1.54) is 12.3 Å². The Kier molecular flexibility index (Phi) is 3.89. The van der Waals surface area contributed by atoms with Gasteiger partial charge in [-0.1, -0.05) is 0 Å². The van der Waals surface area contributed by atoms with Gasteiger partial charge < -0.3 is 4.90 Å². The van der Waals surface area contributed by atoms with Gasteiger partial charge in [0.05, 0.1) is 0 Å². The van der Waals surface area contributed by atoms with Crippen molar-refractivity contribution in [3.8, 4) is 6.07 Å². The van der Waals surface area contributed by atoms with Crippen molar-refractivity contribution in [3.63, 3.8) is 0 Å². The maximum atomic E-state index is 12.4. The number of anilines is 1. The number of aromatic nitrogens is 2. The van der Waals surface area contributed by atoms with E-state index in [0.717, 1.165) is 4.90 Å². The van der Waals surface area contributed by atoms with Gasteiger partial charge in [0.25, 0.3) is 0 Å². The van der Waals surface area contributed by atoms with Crippen molar-refractivity contribution in [2.45, 2.75) is 26.1 Å². The molecular formula is C10H11F3N4. The summed E-state index contributed by atoms with van der Waals surface area (Å²) in [6.45, 7) is 2.07. The Balaban J connectivity index is 3.02. The van der Waals surface area contributed by atoms with E-state index in [4.69, 9.17) is 5.26 Å². The highest BCUT2D eigenvalue weighted by Crippen LogP contribution is 2.21. The quantitative estimate of drug-likeness (QED) is 0.817. The summed E-state index contributed by atoms with van der Waals surface area (Å²) >= 11 is 0. The number of alkyl halides is 3. The first-order chi connectivity index (χ1) is 7.83. The van der Waals surface area contributed by atoms with Crippen LogP contribution in [-0.4, -0.2) is 28.7 Å². The normalized spacial score (nSPS) is 11.4. The van der Waals surface area contributed by atoms with E-state index in [1.54, 1.807) is 19.9 Å². The molecule has 0 spiro atoms. The highest BCUT2D eigenvalue weighted by Gasteiger charge is 2.33. The second-order valence-electron chi connectivity index (χ2n) is 3.69. The Bertz CT molecular complexity index is 422. The zero-order chi connectivity index (χ0) is 13.1. The molecule has 17 heavy (non-hydrogen) atoms. The summed E-state index contributed by atoms with van der Waals surface area (Å²) in [7, 11) is 0. The average molecular weight is 244 g/mol. The number of halogens is 3. The monoisotopic (exact) mass is 244 g/mol. The third-order valence-electron chi connectivity index (χ3n) is 1.99. The van der Waals surface area contributed by atoms with E-state index >= 15 is 0 Å². The van der Waals surface area contributed by atoms with Gasteiger partial charge in [-0.2, -0.15) is 18.4 Å². The van der Waals surface area contributed by atoms with Gasteiger partial charge in [0.2, 0.25) is 5.95 Å². The molecule has 1 rings (SSSR count). The van der Waals surface area contributed by atoms with E-state index in [-0.39, 0.29) is 11.6 Å². The summed E-state index contributed by atoms with van der Waals surface area (Å²) in [5.41, 5.74) is 0.0443. The number of nitriles is 1. The fourth-order valence-corrected chi connectivity index (χ4v) is 1.23. The minimum absolute atomic E-state index is 0.0443. The third-order valence-corrected chi connectivity index (χ3v) is 1.99. The lowest BCUT2D eigenvalue weighted by Gasteiger charge is -2.27. The van der Waals surface area contributed by atoms with Crippen molar-refractivity contribution in [1.29, 1.82) is 5.26 Å². The van der Waals surface area contributed by atoms with Crippen LogP contribution >= 0.6 is 0 Å². The second kappa shape index (κ2) is 4.99. The van der Waals surface area contributed by atoms with Crippen molar-refractivity contribution >= 4 is 5.95 Å². The molecule has 92 valence electrons. The van der Waals surface area contributed by atoms with Gasteiger partial charge in [-0.3, -0.25) is 0 Å². The molecule has 4 nitrogen and oxygen atoms in total. The molecule has 0 atom stereocenters. The van der Waals surface area contributed by atoms with Gasteiger partial charge in [-0.05, 0) is 19.9 Å². The number of hydrogen-bond acceptors (Lipinski definition) is 4. The van der Waals surface area contributed by atoms with Crippen LogP contribution in [0.5, 0.6) is 0 Å². The molecule has 0 radical (unpaired) electrons. The fourth-order valence-electron chi connectivity index (χ4n) is 1.23. The Morgan fingerprint density at radius 1 is 1.47 bits per heavy atom. The van der Waals surface area contributed by atoms with Crippen molar-refractivity contribution < 1.29 is 13.2 Å². The van der Waals surface area contributed by atoms with Gasteiger partial charge in [0.15, 0.2) is 0 Å². The van der Waals surface area contributed by atoms with Crippen molar-refractivity contribution in [2.24, 2.45) is 0 Å². The van der Waals surface area contributed by atoms with Crippen LogP contribution < -0.4 is 4.90 Å². The van der Waals surface area contributed by atoms with Crippen molar-refractivity contribution in [3.05, 3.63) is 18.0 Å². The third kappa shape index (κ3) is 3.90. The molecule has 0 N–H and O–H groups in total. The molecule has 0 amide bonds. The van der Waals surface area contributed by atoms with Gasteiger partial charge >= 0.3 is 6.18 Å². The Morgan fingerprint density at radius 3 is 2.59 bits per heavy atom. The van der Waals surface area contributed by atoms with Crippen LogP contribution in [0, 0.1) is 11.3 Å². The predicted octanol–water partition coefficient (Wildman–Crippen LogP) is 2.13. The van der Waals surface area contributed by atoms with Crippen LogP contribution in [0.2, 0.25) is 0 Å². The summed E-state index contributed by atoms with van der Waals surface area (Å²) in [4.78, 5) is 8.51. The molecule has 0 aliphatic carbocycles. The molecular weight excluding hydrogens is 233 g/mol. The van der Waals surface area contributed by atoms with E-state index in [9.17, 15) is 13.2 Å². The van der Waals surface area contributed by atoms with E-state index < -0.39 is 18.8 Å². The lowest BCUT2D eigenvalue weighted by atomic mass is 10.3. The molecule has 0 bridgehead atoms. The molecule has 0 saturated heterocycles. The zero-order valence-electron chi connectivity index (χ0n) is 9.36. The van der Waals surface area contributed by atoms with E-state index in [2.05, 4.69) is 9.97 Å². The topological polar surface area (TPSA) is 52.8 Å². The fraction of sp³-hybridized carbons (Fsp3) is 0.500. The molecule has 7 heteroatoms. The molecule has 0 saturated carbocycles. The summed E-state index contributed by atoms with van der Waals surface area (Å²) in [5.74, 6) is -0.0867. The Hall–Kier alpha value is -1.84. The van der Waals surface area contributed by atoms with Crippen LogP contribution in [0.4, 0.5) is 19.1 Å². The zero-order valence-corrected chi connectivity index (χ0v) is 9.36. The molecule has 0 aliphatic rings. The number of rotatable bonds is 3. The van der Waals surface area contributed by atoms with Crippen LogP contribution in [0.25, 0.3) is 0 Å². The summed E-state index contributed by atoms with van der Waals surface area (Å²) < 4.78 is 37.1. The van der Waals surface area contributed by atoms with Crippen molar-refractivity contribution in [2.75, 3.05) is 11.4 Å². The SMILES string of the molecule is CC(C)N(CC(F)(F)F)c1nccc(C#N)n1. The average Bonchev–Trinajstić information content (AvgIpc) is 2.24. The van der Waals surface area contributed by atoms with Crippen LogP contribution in [0.1, 0.15) is 19.5 Å². The first-order valence-electron chi connectivity index (χ1n) is 4.90. The first kappa shape index (κ1) is 13.2. The standard InChI is InChI=1S/C10H11F3N4/c1-7(2)17(6-10(11,12)13)9-15-4-3-8(5-14)16-9/h3-4,7H,6H2,1-2H3. The highest BCUT2D eigenvalue weighted by molar-refractivity contribution is 5.34. The molecule has 0 aromatic carbocycles. The Morgan fingerprint density at radius 2 is 2.12 bits per heavy atom. The van der Waals surface area contributed by atoms with Gasteiger partial charge in [-0.25, -0.2) is 9.97 Å². The maximum Gasteiger partial charge on any atom is 0.406 e. The lowest BCUT2D eigenvalue weighted by Crippen LogP contribution is -2.40. The van der Waals surface area contributed by atoms with E-state index in [1.807, 2.05) is 0 Å². The van der Waals surface area contributed by atoms with Crippen LogP contribution in [-0.2, 0) is 0 Å². The lowest BCUT2D eigenvalue weighted by molar-refractivity contribution is -0.120. The smallest absolute Gasteiger partial charge is 0.329 e. The minimum atomic E-state index is -4.34. The maximum absolute atomic E-state index is 12.4. The van der Waals surface area contributed by atoms with Crippen molar-refractivity contribution in [1.82, 2.24) is 9.97 Å². The summed E-state index contributed by atoms with van der Waals surface area (Å²) in [6, 6.07) is 2.70. The molecule has 1 heterocycles. The summed E-state index contributed by atoms with van der Waals surface area (Å²) in [6.07, 6.45) is -3.07. The van der Waals surface area contributed by atoms with Crippen LogP contribution in [0.3, 0.4) is 0 Å². The number of hydrogen-bond donors (Lipinski definition) is 0. The predicted molar refractivity (Wildman–Crippen MR) is 55.3 cm³/mol. The van der Waals surface area contributed by atoms with Crippen LogP contribution in [0.15, 0.2) is 12.3 Å². The summed E-state index contributed by atoms with van der Waals surface area (Å²) in [5, 5.41) is 8.63. The molecule has 1 aromatic rings. The van der Waals surface area contributed by atoms with Gasteiger partial charge in [0.1, 0.15) is 18.3 Å².